The van der Waals surface area contributed by atoms with E-state index in [1.54, 1.807) is 64.1 Å². The number of rotatable bonds is 16. The molecule has 0 saturated carbocycles. The van der Waals surface area contributed by atoms with Gasteiger partial charge in [-0.25, -0.2) is 19.4 Å². The van der Waals surface area contributed by atoms with Crippen LogP contribution >= 0.6 is 0 Å². The highest BCUT2D eigenvalue weighted by Crippen LogP contribution is 2.45. The van der Waals surface area contributed by atoms with E-state index in [0.717, 1.165) is 55.0 Å². The Morgan fingerprint density at radius 3 is 1.16 bits per heavy atom. The second kappa shape index (κ2) is 49.0. The maximum atomic E-state index is 14.9. The minimum atomic E-state index is -1.97. The molecule has 8 bridgehead atoms. The molecule has 42 nitrogen and oxygen atoms in total. The third-order valence-electron chi connectivity index (χ3n) is 25.2. The zero-order chi connectivity index (χ0) is 104. The van der Waals surface area contributed by atoms with Gasteiger partial charge in [0.15, 0.2) is 35.5 Å². The number of benzene rings is 6. The van der Waals surface area contributed by atoms with Crippen molar-refractivity contribution in [2.75, 3.05) is 87.1 Å². The molecule has 9 aliphatic heterocycles. The predicted molar refractivity (Wildman–Crippen MR) is 524 cm³/mol. The minimum Gasteiger partial charge on any atom is -0.493 e. The third-order valence-corrected chi connectivity index (χ3v) is 25.2. The molecule has 766 valence electrons. The van der Waals surface area contributed by atoms with Crippen molar-refractivity contribution in [1.29, 1.82) is 0 Å². The van der Waals surface area contributed by atoms with Crippen LogP contribution in [0.5, 0.6) is 23.0 Å². The summed E-state index contributed by atoms with van der Waals surface area (Å²) >= 11 is 0. The van der Waals surface area contributed by atoms with Crippen molar-refractivity contribution in [3.05, 3.63) is 203 Å². The van der Waals surface area contributed by atoms with Crippen molar-refractivity contribution in [3.63, 3.8) is 0 Å². The van der Waals surface area contributed by atoms with E-state index in [1.807, 2.05) is 60.7 Å². The fourth-order valence-electron chi connectivity index (χ4n) is 17.2. The Morgan fingerprint density at radius 2 is 0.807 bits per heavy atom. The number of ether oxygens (including phenoxy) is 6. The Labute approximate surface area is 835 Å². The molecule has 18 amide bonds. The number of fused-ring (bicyclic) bond motifs is 4. The van der Waals surface area contributed by atoms with Crippen LogP contribution in [-0.4, -0.2) is 264 Å². The molecule has 42 heteroatoms. The van der Waals surface area contributed by atoms with Gasteiger partial charge in [-0.1, -0.05) is 125 Å². The fourth-order valence-corrected chi connectivity index (χ4v) is 17.2. The lowest BCUT2D eigenvalue weighted by atomic mass is 10.0. The molecule has 0 fully saturated rings. The van der Waals surface area contributed by atoms with Crippen molar-refractivity contribution in [3.8, 4) is 23.0 Å². The van der Waals surface area contributed by atoms with Gasteiger partial charge in [-0.3, -0.25) is 86.5 Å². The van der Waals surface area contributed by atoms with Crippen LogP contribution in [0, 0.1) is 11.8 Å². The lowest BCUT2D eigenvalue weighted by Crippen LogP contribution is -2.63. The van der Waals surface area contributed by atoms with E-state index in [1.165, 1.54) is 86.4 Å². The van der Waals surface area contributed by atoms with Crippen LogP contribution < -0.4 is 81.9 Å². The summed E-state index contributed by atoms with van der Waals surface area (Å²) in [6.07, 6.45) is 1.19. The molecule has 12 N–H and O–H groups in total. The summed E-state index contributed by atoms with van der Waals surface area (Å²) in [5.41, 5.74) is 4.13. The SMILES string of the molecule is COc1cc2c3cc1OCCCCCOc1cc4c(cc1OC)C(=O)N1CC(c5ccccc5)=C[C@H]1C(O)N4C(=O)OCc1ccc(cc1)NC(=O)[C@H](C)NC(=O)[C@@H](C(C)C)NC(=O)CCCNC(=O)[C@@H](NC(=O)CCCN1C(=O)C=CC1=O)[C@@H](NC(=O)CCCN1C(=O)C=CC1=O)C(=O)NCCCC(=O)N[C@@H](C(C)C)C(=O)N[C@@H](C)C(=O)Nc1ccc(cc1)COC(=O)N3C(O)[C@@H]1C=C(c3ccccc3)CN1C2=O. The zero-order valence-corrected chi connectivity index (χ0v) is 81.3. The number of aliphatic hydroxyl groups excluding tert-OH is 2. The van der Waals surface area contributed by atoms with Crippen LogP contribution in [0.25, 0.3) is 11.1 Å². The number of hydrogen-bond donors (Lipinski definition) is 12. The van der Waals surface area contributed by atoms with Crippen molar-refractivity contribution >= 4 is 141 Å². The summed E-state index contributed by atoms with van der Waals surface area (Å²) in [6.45, 7) is 7.72. The number of nitrogens with one attached hydrogen (secondary N) is 10. The van der Waals surface area contributed by atoms with E-state index < -0.39 is 192 Å². The van der Waals surface area contributed by atoms with Crippen molar-refractivity contribution < 1.29 is 125 Å². The van der Waals surface area contributed by atoms with Crippen LogP contribution in [-0.2, 0) is 89.8 Å². The molecule has 0 aliphatic carbocycles. The molecule has 145 heavy (non-hydrogen) atoms. The summed E-state index contributed by atoms with van der Waals surface area (Å²) in [5, 5.41) is 51.2. The van der Waals surface area contributed by atoms with Crippen LogP contribution in [0.15, 0.2) is 170 Å². The minimum absolute atomic E-state index is 0.0246. The highest BCUT2D eigenvalue weighted by molar-refractivity contribution is 6.14. The molecule has 10 atom stereocenters. The highest BCUT2D eigenvalue weighted by Gasteiger charge is 2.49. The molecule has 6 aromatic rings. The first-order valence-corrected chi connectivity index (χ1v) is 47.9. The molecular weight excluding hydrogens is 1880 g/mol. The van der Waals surface area contributed by atoms with Crippen molar-refractivity contribution in [1.82, 2.24) is 62.1 Å². The molecule has 0 spiro atoms. The van der Waals surface area contributed by atoms with Gasteiger partial charge in [0.25, 0.3) is 35.4 Å². The van der Waals surface area contributed by atoms with Gasteiger partial charge in [-0.2, -0.15) is 0 Å². The monoisotopic (exact) mass is 1990 g/mol. The smallest absolute Gasteiger partial charge is 0.416 e. The number of aliphatic hydroxyl groups is 2. The number of anilines is 4. The summed E-state index contributed by atoms with van der Waals surface area (Å²) < 4.78 is 36.3. The third kappa shape index (κ3) is 26.6. The Bertz CT molecular complexity index is 5650. The molecule has 15 rings (SSSR count). The van der Waals surface area contributed by atoms with E-state index in [0.29, 0.717) is 41.5 Å². The molecular formula is C103H118N16O26. The number of nitrogens with zero attached hydrogens (tertiary/aromatic N) is 6. The Morgan fingerprint density at radius 1 is 0.441 bits per heavy atom. The van der Waals surface area contributed by atoms with Crippen molar-refractivity contribution in [2.24, 2.45) is 11.8 Å². The molecule has 0 saturated heterocycles. The topological polar surface area (TPSA) is 543 Å². The zero-order valence-electron chi connectivity index (χ0n) is 81.3. The maximum Gasteiger partial charge on any atom is 0.416 e. The maximum absolute atomic E-state index is 14.9. The predicted octanol–water partition coefficient (Wildman–Crippen LogP) is 5.45. The van der Waals surface area contributed by atoms with E-state index in [2.05, 4.69) is 53.2 Å². The Balaban J connectivity index is 0.738. The fraction of sp³-hybridized carbons (Fsp3) is 0.398. The first-order valence-electron chi connectivity index (χ1n) is 47.9. The van der Waals surface area contributed by atoms with E-state index >= 15 is 0 Å². The average molecular weight is 2000 g/mol. The normalized spacial score (nSPS) is 22.6. The molecule has 2 unspecified atom stereocenters. The van der Waals surface area contributed by atoms with Gasteiger partial charge in [-0.05, 0) is 140 Å². The Kier molecular flexibility index (Phi) is 35.9. The quantitative estimate of drug-likeness (QED) is 0.0536. The van der Waals surface area contributed by atoms with Gasteiger partial charge in [0.05, 0.1) is 62.0 Å². The van der Waals surface area contributed by atoms with Crippen LogP contribution in [0.2, 0.25) is 0 Å². The lowest BCUT2D eigenvalue weighted by Gasteiger charge is -2.31. The lowest BCUT2D eigenvalue weighted by molar-refractivity contribution is -0.139. The summed E-state index contributed by atoms with van der Waals surface area (Å²) in [4.78, 5) is 256. The second-order valence-corrected chi connectivity index (χ2v) is 36.3. The molecule has 0 aromatic heterocycles. The highest BCUT2D eigenvalue weighted by atomic mass is 16.6. The molecule has 9 aliphatic rings. The summed E-state index contributed by atoms with van der Waals surface area (Å²) in [6, 6.07) is 25.4. The molecule has 0 radical (unpaired) electrons. The number of carbonyl (C=O) groups is 18. The number of carbonyl (C=O) groups excluding carboxylic acids is 18. The second-order valence-electron chi connectivity index (χ2n) is 36.3. The van der Waals surface area contributed by atoms with Crippen LogP contribution in [0.3, 0.4) is 0 Å². The van der Waals surface area contributed by atoms with E-state index in [-0.39, 0.29) is 161 Å². The molecule has 6 aromatic carbocycles. The van der Waals surface area contributed by atoms with Gasteiger partial charge in [-0.15, -0.1) is 0 Å². The van der Waals surface area contributed by atoms with Gasteiger partial charge >= 0.3 is 12.2 Å². The van der Waals surface area contributed by atoms with Gasteiger partial charge in [0.2, 0.25) is 59.1 Å². The largest absolute Gasteiger partial charge is 0.493 e. The average Bonchev–Trinajstić information content (AvgIpc) is 1.60. The van der Waals surface area contributed by atoms with Gasteiger partial charge in [0, 0.05) is 113 Å². The Hall–Kier alpha value is -16.1. The van der Waals surface area contributed by atoms with Crippen LogP contribution in [0.1, 0.15) is 155 Å². The summed E-state index contributed by atoms with van der Waals surface area (Å²) in [5.74, 6) is -12.5. The van der Waals surface area contributed by atoms with Gasteiger partial charge in [0.1, 0.15) is 49.5 Å². The standard InChI is InChI=1S/C103H118N16O26/c1-58(2)88-96(132)106-60(5)92(128)108-68-34-30-62(31-35-68)56-144-102(138)118-72-52-78(76(140-7)50-70(72)98(134)116-54-66(48-74(116)100(118)136)64-22-12-9-13-23-64)142-46-16-11-17-47-143-79-53-73-71(51-77(79)141-8)99(135)117-55-67(65-24-14-10-15-25-65)49-75(117)101(137)119(73)103(139)145-57-63-32-36-69(37-33-63)109-93(129)61(6)107-97(133)89(59(3)4)111-81(121)27-19-43-105-95(131)91(113-83(123)29-21-45-115-86(126)40-41-87(115)127)90(94(130)104-42-18-26-80(120)110-88)112-82(122)28-20-44-114-84(124)38-39-85(114)125/h9-10,12-15,22-25,30-41,48-53,58-61,74-75,88-91,100-101,136-137H,11,16-21,26-29,42-47,54-57H2,1-8H3,(H,104,130)(H,105,131)(H,106,132)(H,107,133)(H,108,128)(H,109,129)(H,110,120)(H,111,121)(H,112,122)(H,113,123)/t60-,61-,74-,75-,88-,89+,90+,91-,100?,101?/m0/s1. The van der Waals surface area contributed by atoms with Crippen molar-refractivity contribution in [2.45, 2.75) is 186 Å². The van der Waals surface area contributed by atoms with Gasteiger partial charge < -0.3 is 102 Å². The number of amides is 18. The first-order chi connectivity index (χ1) is 69.6. The number of hydrogen-bond acceptors (Lipinski definition) is 26. The number of imide groups is 2. The van der Waals surface area contributed by atoms with Crippen LogP contribution in [0.4, 0.5) is 32.3 Å². The van der Waals surface area contributed by atoms with E-state index in [9.17, 15) is 96.5 Å². The molecule has 9 heterocycles. The van der Waals surface area contributed by atoms with E-state index in [4.69, 9.17) is 28.4 Å². The number of methoxy groups -OCH3 is 2. The first kappa shape index (κ1) is 106. The summed E-state index contributed by atoms with van der Waals surface area (Å²) in [7, 11) is 2.77.